The maximum absolute atomic E-state index is 9.95. The van der Waals surface area contributed by atoms with Gasteiger partial charge in [0.1, 0.15) is 5.75 Å². The molecular formula is C12H14O2. The quantitative estimate of drug-likeness (QED) is 0.733. The molecule has 1 aromatic rings. The zero-order valence-corrected chi connectivity index (χ0v) is 8.12. The molecule has 0 aromatic heterocycles. The minimum Gasteiger partial charge on any atom is -0.493 e. The molecule has 0 amide bonds. The van der Waals surface area contributed by atoms with Crippen LogP contribution < -0.4 is 4.74 Å². The van der Waals surface area contributed by atoms with Crippen molar-refractivity contribution in [3.05, 3.63) is 29.3 Å². The highest BCUT2D eigenvalue weighted by Gasteiger charge is 2.42. The largest absolute Gasteiger partial charge is 0.493 e. The highest BCUT2D eigenvalue weighted by Crippen LogP contribution is 2.46. The van der Waals surface area contributed by atoms with Gasteiger partial charge in [-0.2, -0.15) is 0 Å². The van der Waals surface area contributed by atoms with E-state index in [1.807, 2.05) is 12.1 Å². The summed E-state index contributed by atoms with van der Waals surface area (Å²) in [6.07, 6.45) is 4.00. The van der Waals surface area contributed by atoms with Gasteiger partial charge in [-0.15, -0.1) is 0 Å². The Bertz CT molecular complexity index is 367. The Kier molecular flexibility index (Phi) is 1.62. The summed E-state index contributed by atoms with van der Waals surface area (Å²) in [5.74, 6) is 0.981. The molecule has 1 heterocycles. The predicted molar refractivity (Wildman–Crippen MR) is 53.4 cm³/mol. The smallest absolute Gasteiger partial charge is 0.122 e. The van der Waals surface area contributed by atoms with Gasteiger partial charge in [0.05, 0.1) is 12.2 Å². The Morgan fingerprint density at radius 1 is 1.29 bits per heavy atom. The van der Waals surface area contributed by atoms with Crippen molar-refractivity contribution in [2.75, 3.05) is 6.61 Å². The maximum Gasteiger partial charge on any atom is 0.122 e. The summed E-state index contributed by atoms with van der Waals surface area (Å²) in [7, 11) is 0. The first-order valence-corrected chi connectivity index (χ1v) is 5.27. The van der Waals surface area contributed by atoms with Gasteiger partial charge in [-0.3, -0.25) is 0 Å². The van der Waals surface area contributed by atoms with E-state index in [0.717, 1.165) is 43.6 Å². The third kappa shape index (κ3) is 1.22. The summed E-state index contributed by atoms with van der Waals surface area (Å²) in [6.45, 7) is 0.814. The molecule has 0 bridgehead atoms. The number of hydrogen-bond donors (Lipinski definition) is 1. The topological polar surface area (TPSA) is 29.5 Å². The van der Waals surface area contributed by atoms with E-state index in [1.54, 1.807) is 0 Å². The second-order valence-corrected chi connectivity index (χ2v) is 4.31. The molecule has 1 aliphatic heterocycles. The second-order valence-electron chi connectivity index (χ2n) is 4.31. The van der Waals surface area contributed by atoms with Gasteiger partial charge in [-0.05, 0) is 42.9 Å². The lowest BCUT2D eigenvalue weighted by atomic mass is 10.0. The van der Waals surface area contributed by atoms with E-state index in [0.29, 0.717) is 0 Å². The van der Waals surface area contributed by atoms with E-state index >= 15 is 0 Å². The van der Waals surface area contributed by atoms with Crippen molar-refractivity contribution in [1.29, 1.82) is 0 Å². The molecule has 2 aliphatic rings. The van der Waals surface area contributed by atoms with E-state index < -0.39 is 5.60 Å². The number of rotatable bonds is 1. The Morgan fingerprint density at radius 2 is 2.14 bits per heavy atom. The van der Waals surface area contributed by atoms with E-state index in [4.69, 9.17) is 4.74 Å². The van der Waals surface area contributed by atoms with E-state index in [2.05, 4.69) is 6.07 Å². The van der Waals surface area contributed by atoms with Crippen molar-refractivity contribution in [2.24, 2.45) is 0 Å². The Hall–Kier alpha value is -1.02. The normalized spacial score (nSPS) is 22.4. The molecule has 14 heavy (non-hydrogen) atoms. The van der Waals surface area contributed by atoms with Gasteiger partial charge < -0.3 is 9.84 Å². The fraction of sp³-hybridized carbons (Fsp3) is 0.500. The highest BCUT2D eigenvalue weighted by atomic mass is 16.5. The standard InChI is InChI=1S/C12H14O2/c13-12(5-6-12)10-4-3-9-2-1-7-14-11(9)8-10/h3-4,8,13H,1-2,5-7H2. The number of aliphatic hydroxyl groups is 1. The molecule has 0 saturated heterocycles. The van der Waals surface area contributed by atoms with Crippen LogP contribution in [0.2, 0.25) is 0 Å². The Morgan fingerprint density at radius 3 is 2.93 bits per heavy atom. The van der Waals surface area contributed by atoms with Crippen LogP contribution in [0.15, 0.2) is 18.2 Å². The van der Waals surface area contributed by atoms with Crippen molar-refractivity contribution < 1.29 is 9.84 Å². The number of ether oxygens (including phenoxy) is 1. The first-order valence-electron chi connectivity index (χ1n) is 5.27. The van der Waals surface area contributed by atoms with Gasteiger partial charge in [0.2, 0.25) is 0 Å². The van der Waals surface area contributed by atoms with Crippen molar-refractivity contribution in [3.8, 4) is 5.75 Å². The van der Waals surface area contributed by atoms with Gasteiger partial charge in [0.15, 0.2) is 0 Å². The number of hydrogen-bond acceptors (Lipinski definition) is 2. The van der Waals surface area contributed by atoms with Crippen LogP contribution >= 0.6 is 0 Å². The first-order chi connectivity index (χ1) is 6.78. The van der Waals surface area contributed by atoms with Crippen LogP contribution in [0.1, 0.15) is 30.4 Å². The van der Waals surface area contributed by atoms with Crippen LogP contribution in [0.3, 0.4) is 0 Å². The molecule has 1 aliphatic carbocycles. The van der Waals surface area contributed by atoms with Crippen LogP contribution in [-0.4, -0.2) is 11.7 Å². The molecule has 0 unspecified atom stereocenters. The molecule has 2 nitrogen and oxygen atoms in total. The molecule has 3 rings (SSSR count). The lowest BCUT2D eigenvalue weighted by Gasteiger charge is -2.19. The molecule has 1 saturated carbocycles. The first kappa shape index (κ1) is 8.30. The van der Waals surface area contributed by atoms with E-state index in [1.165, 1.54) is 5.56 Å². The molecule has 1 N–H and O–H groups in total. The second kappa shape index (κ2) is 2.74. The van der Waals surface area contributed by atoms with Crippen LogP contribution in [0.5, 0.6) is 5.75 Å². The summed E-state index contributed by atoms with van der Waals surface area (Å²) in [5, 5.41) is 9.95. The van der Waals surface area contributed by atoms with Gasteiger partial charge in [0, 0.05) is 0 Å². The third-order valence-electron chi connectivity index (χ3n) is 3.18. The Labute approximate surface area is 83.5 Å². The zero-order valence-electron chi connectivity index (χ0n) is 8.12. The average molecular weight is 190 g/mol. The maximum atomic E-state index is 9.95. The summed E-state index contributed by atoms with van der Waals surface area (Å²) < 4.78 is 5.58. The zero-order chi connectivity index (χ0) is 9.60. The van der Waals surface area contributed by atoms with Crippen molar-refractivity contribution >= 4 is 0 Å². The van der Waals surface area contributed by atoms with Crippen LogP contribution in [0, 0.1) is 0 Å². The molecule has 1 fully saturated rings. The summed E-state index contributed by atoms with van der Waals surface area (Å²) in [5.41, 5.74) is 1.78. The molecule has 0 atom stereocenters. The predicted octanol–water partition coefficient (Wildman–Crippen LogP) is 1.99. The summed E-state index contributed by atoms with van der Waals surface area (Å²) >= 11 is 0. The molecule has 0 spiro atoms. The Balaban J connectivity index is 2.01. The van der Waals surface area contributed by atoms with Gasteiger partial charge in [-0.25, -0.2) is 0 Å². The number of aryl methyl sites for hydroxylation is 1. The van der Waals surface area contributed by atoms with Gasteiger partial charge in [-0.1, -0.05) is 12.1 Å². The number of benzene rings is 1. The molecule has 2 heteroatoms. The van der Waals surface area contributed by atoms with Crippen molar-refractivity contribution in [1.82, 2.24) is 0 Å². The lowest BCUT2D eigenvalue weighted by Crippen LogP contribution is -2.11. The average Bonchev–Trinajstić information content (AvgIpc) is 2.97. The molecule has 1 aromatic carbocycles. The number of fused-ring (bicyclic) bond motifs is 1. The monoisotopic (exact) mass is 190 g/mol. The van der Waals surface area contributed by atoms with E-state index in [-0.39, 0.29) is 0 Å². The fourth-order valence-corrected chi connectivity index (χ4v) is 2.04. The summed E-state index contributed by atoms with van der Waals surface area (Å²) in [6, 6.07) is 6.15. The van der Waals surface area contributed by atoms with E-state index in [9.17, 15) is 5.11 Å². The van der Waals surface area contributed by atoms with Crippen molar-refractivity contribution in [2.45, 2.75) is 31.3 Å². The van der Waals surface area contributed by atoms with Crippen LogP contribution in [0.4, 0.5) is 0 Å². The molecule has 0 radical (unpaired) electrons. The fourth-order valence-electron chi connectivity index (χ4n) is 2.04. The minimum atomic E-state index is -0.532. The van der Waals surface area contributed by atoms with Crippen LogP contribution in [0.25, 0.3) is 0 Å². The van der Waals surface area contributed by atoms with Crippen LogP contribution in [-0.2, 0) is 12.0 Å². The van der Waals surface area contributed by atoms with Gasteiger partial charge >= 0.3 is 0 Å². The van der Waals surface area contributed by atoms with Gasteiger partial charge in [0.25, 0.3) is 0 Å². The lowest BCUT2D eigenvalue weighted by molar-refractivity contribution is 0.150. The SMILES string of the molecule is OC1(c2ccc3c(c2)OCCC3)CC1. The van der Waals surface area contributed by atoms with Crippen molar-refractivity contribution in [3.63, 3.8) is 0 Å². The molecule has 74 valence electrons. The summed E-state index contributed by atoms with van der Waals surface area (Å²) in [4.78, 5) is 0. The minimum absolute atomic E-state index is 0.532. The molecular weight excluding hydrogens is 176 g/mol. The highest BCUT2D eigenvalue weighted by molar-refractivity contribution is 5.42. The third-order valence-corrected chi connectivity index (χ3v) is 3.18.